The van der Waals surface area contributed by atoms with Gasteiger partial charge in [-0.1, -0.05) is 0 Å². The summed E-state index contributed by atoms with van der Waals surface area (Å²) in [5, 5.41) is 12.9. The monoisotopic (exact) mass is 522 g/mol. The Kier molecular flexibility index (Phi) is 7.44. The Labute approximate surface area is 219 Å². The molecule has 38 heavy (non-hydrogen) atoms. The van der Waals surface area contributed by atoms with E-state index >= 15 is 0 Å². The van der Waals surface area contributed by atoms with Gasteiger partial charge in [-0.3, -0.25) is 15.0 Å². The zero-order chi connectivity index (χ0) is 27.7. The summed E-state index contributed by atoms with van der Waals surface area (Å²) in [7, 11) is 5.66. The molecular formula is C26H31FN8O3. The van der Waals surface area contributed by atoms with Gasteiger partial charge in [0.05, 0.1) is 22.3 Å². The van der Waals surface area contributed by atoms with E-state index in [1.54, 1.807) is 30.2 Å². The number of aromatic nitrogens is 4. The minimum atomic E-state index is -0.507. The van der Waals surface area contributed by atoms with E-state index in [0.29, 0.717) is 29.7 Å². The zero-order valence-electron chi connectivity index (χ0n) is 22.3. The molecule has 0 saturated heterocycles. The number of hydrogen-bond donors (Lipinski definition) is 1. The van der Waals surface area contributed by atoms with Gasteiger partial charge in [-0.2, -0.15) is 4.98 Å². The van der Waals surface area contributed by atoms with Gasteiger partial charge in [0.2, 0.25) is 17.6 Å². The lowest BCUT2D eigenvalue weighted by Gasteiger charge is -2.25. The lowest BCUT2D eigenvalue weighted by Crippen LogP contribution is -2.31. The standard InChI is InChI=1S/C26H31FN8O3/c1-15(2)38-25-22(28)16(3)23(35(36)37)24(31-25)34(12-11-32(4)5)26-29-10-9-20(30-26)19-14-33(6)21-8-7-17(27)13-18(19)21/h7-10,13-15H,11-12,28H2,1-6H3. The summed E-state index contributed by atoms with van der Waals surface area (Å²) in [6, 6.07) is 6.30. The summed E-state index contributed by atoms with van der Waals surface area (Å²) < 4.78 is 21.8. The predicted octanol–water partition coefficient (Wildman–Crippen LogP) is 4.46. The van der Waals surface area contributed by atoms with Crippen molar-refractivity contribution < 1.29 is 14.1 Å². The van der Waals surface area contributed by atoms with Crippen LogP contribution in [-0.2, 0) is 7.05 Å². The van der Waals surface area contributed by atoms with Gasteiger partial charge in [0.15, 0.2) is 0 Å². The Morgan fingerprint density at radius 3 is 2.61 bits per heavy atom. The largest absolute Gasteiger partial charge is 0.473 e. The van der Waals surface area contributed by atoms with Crippen LogP contribution in [0, 0.1) is 22.9 Å². The Hall–Kier alpha value is -4.32. The molecule has 0 aliphatic carbocycles. The lowest BCUT2D eigenvalue weighted by molar-refractivity contribution is -0.384. The summed E-state index contributed by atoms with van der Waals surface area (Å²) in [5.74, 6) is -0.0244. The van der Waals surface area contributed by atoms with Crippen molar-refractivity contribution in [1.29, 1.82) is 0 Å². The number of nitrogens with two attached hydrogens (primary N) is 1. The van der Waals surface area contributed by atoms with Gasteiger partial charge in [-0.15, -0.1) is 0 Å². The number of fused-ring (bicyclic) bond motifs is 1. The van der Waals surface area contributed by atoms with Crippen LogP contribution >= 0.6 is 0 Å². The van der Waals surface area contributed by atoms with Gasteiger partial charge in [-0.05, 0) is 59.1 Å². The third kappa shape index (κ3) is 5.21. The van der Waals surface area contributed by atoms with Crippen LogP contribution in [-0.4, -0.2) is 62.6 Å². The van der Waals surface area contributed by atoms with Gasteiger partial charge >= 0.3 is 5.69 Å². The second kappa shape index (κ2) is 10.6. The summed E-state index contributed by atoms with van der Waals surface area (Å²) in [5.41, 5.74) is 8.36. The van der Waals surface area contributed by atoms with Crippen LogP contribution in [0.15, 0.2) is 36.7 Å². The first-order chi connectivity index (χ1) is 18.0. The average molecular weight is 523 g/mol. The van der Waals surface area contributed by atoms with Crippen molar-refractivity contribution in [3.63, 3.8) is 0 Å². The van der Waals surface area contributed by atoms with E-state index in [-0.39, 0.29) is 46.5 Å². The average Bonchev–Trinajstić information content (AvgIpc) is 3.17. The molecular weight excluding hydrogens is 491 g/mol. The molecule has 3 aromatic heterocycles. The fraction of sp³-hybridized carbons (Fsp3) is 0.346. The molecule has 3 heterocycles. The molecule has 0 saturated carbocycles. The number of ether oxygens (including phenoxy) is 1. The van der Waals surface area contributed by atoms with E-state index in [1.165, 1.54) is 12.1 Å². The third-order valence-electron chi connectivity index (χ3n) is 6.08. The minimum absolute atomic E-state index is 0.0281. The van der Waals surface area contributed by atoms with E-state index in [9.17, 15) is 14.5 Å². The van der Waals surface area contributed by atoms with E-state index in [1.807, 2.05) is 50.7 Å². The summed E-state index contributed by atoms with van der Waals surface area (Å²) >= 11 is 0. The first kappa shape index (κ1) is 26.7. The van der Waals surface area contributed by atoms with Crippen LogP contribution in [0.2, 0.25) is 0 Å². The highest BCUT2D eigenvalue weighted by molar-refractivity contribution is 5.95. The van der Waals surface area contributed by atoms with Crippen LogP contribution in [0.1, 0.15) is 19.4 Å². The molecule has 0 spiro atoms. The first-order valence-corrected chi connectivity index (χ1v) is 12.1. The minimum Gasteiger partial charge on any atom is -0.473 e. The molecule has 0 unspecified atom stereocenters. The van der Waals surface area contributed by atoms with Crippen molar-refractivity contribution >= 4 is 34.0 Å². The van der Waals surface area contributed by atoms with Crippen molar-refractivity contribution in [3.05, 3.63) is 58.2 Å². The topological polar surface area (TPSA) is 128 Å². The molecule has 0 amide bonds. The molecule has 0 bridgehead atoms. The number of rotatable bonds is 9. The number of halogens is 1. The number of nitrogens with zero attached hydrogens (tertiary/aromatic N) is 7. The molecule has 0 aliphatic heterocycles. The molecule has 2 N–H and O–H groups in total. The predicted molar refractivity (Wildman–Crippen MR) is 145 cm³/mol. The van der Waals surface area contributed by atoms with Crippen molar-refractivity contribution in [3.8, 4) is 17.1 Å². The third-order valence-corrected chi connectivity index (χ3v) is 6.08. The molecule has 1 aromatic carbocycles. The van der Waals surface area contributed by atoms with Gasteiger partial charge in [-0.25, -0.2) is 14.4 Å². The Bertz CT molecular complexity index is 1500. The maximum Gasteiger partial charge on any atom is 0.317 e. The van der Waals surface area contributed by atoms with Crippen molar-refractivity contribution in [2.45, 2.75) is 26.9 Å². The second-order valence-electron chi connectivity index (χ2n) is 9.56. The smallest absolute Gasteiger partial charge is 0.317 e. The quantitative estimate of drug-likeness (QED) is 0.250. The molecule has 0 atom stereocenters. The van der Waals surface area contributed by atoms with E-state index < -0.39 is 4.92 Å². The van der Waals surface area contributed by atoms with Gasteiger partial charge in [0.25, 0.3) is 0 Å². The summed E-state index contributed by atoms with van der Waals surface area (Å²) in [6.45, 7) is 6.02. The fourth-order valence-electron chi connectivity index (χ4n) is 4.18. The van der Waals surface area contributed by atoms with E-state index in [2.05, 4.69) is 9.97 Å². The number of likely N-dealkylation sites (N-methyl/N-ethyl adjacent to an activating group) is 1. The zero-order valence-corrected chi connectivity index (χ0v) is 22.3. The van der Waals surface area contributed by atoms with Crippen LogP contribution in [0.5, 0.6) is 5.88 Å². The molecule has 200 valence electrons. The highest BCUT2D eigenvalue weighted by Gasteiger charge is 2.31. The molecule has 12 heteroatoms. The van der Waals surface area contributed by atoms with Crippen molar-refractivity contribution in [2.75, 3.05) is 37.8 Å². The summed E-state index contributed by atoms with van der Waals surface area (Å²) in [4.78, 5) is 29.0. The van der Waals surface area contributed by atoms with Crippen molar-refractivity contribution in [1.82, 2.24) is 24.4 Å². The Morgan fingerprint density at radius 1 is 1.21 bits per heavy atom. The SMILES string of the molecule is Cc1c(N)c(OC(C)C)nc(N(CCN(C)C)c2nccc(-c3cn(C)c4ccc(F)cc34)n2)c1[N+](=O)[O-]. The second-order valence-corrected chi connectivity index (χ2v) is 9.56. The lowest BCUT2D eigenvalue weighted by atomic mass is 10.1. The van der Waals surface area contributed by atoms with Crippen LogP contribution < -0.4 is 15.4 Å². The molecule has 4 rings (SSSR count). The van der Waals surface area contributed by atoms with Crippen LogP contribution in [0.4, 0.5) is 27.5 Å². The summed E-state index contributed by atoms with van der Waals surface area (Å²) in [6.07, 6.45) is 3.18. The van der Waals surface area contributed by atoms with Gasteiger partial charge in [0, 0.05) is 49.0 Å². The number of nitro groups is 1. The maximum absolute atomic E-state index is 14.1. The maximum atomic E-state index is 14.1. The number of nitrogen functional groups attached to an aromatic ring is 1. The van der Waals surface area contributed by atoms with Gasteiger partial charge < -0.3 is 19.9 Å². The number of aryl methyl sites for hydroxylation is 1. The molecule has 0 aliphatic rings. The normalized spacial score (nSPS) is 11.5. The molecule has 11 nitrogen and oxygen atoms in total. The number of pyridine rings is 1. The number of anilines is 3. The number of benzene rings is 1. The number of hydrogen-bond acceptors (Lipinski definition) is 9. The first-order valence-electron chi connectivity index (χ1n) is 12.1. The van der Waals surface area contributed by atoms with E-state index in [0.717, 1.165) is 5.52 Å². The molecule has 0 radical (unpaired) electrons. The molecule has 0 fully saturated rings. The molecule has 4 aromatic rings. The van der Waals surface area contributed by atoms with Crippen LogP contribution in [0.3, 0.4) is 0 Å². The highest BCUT2D eigenvalue weighted by Crippen LogP contribution is 2.40. The van der Waals surface area contributed by atoms with Crippen LogP contribution in [0.25, 0.3) is 22.2 Å². The Morgan fingerprint density at radius 2 is 1.95 bits per heavy atom. The van der Waals surface area contributed by atoms with E-state index in [4.69, 9.17) is 15.5 Å². The highest BCUT2D eigenvalue weighted by atomic mass is 19.1. The van der Waals surface area contributed by atoms with Crippen molar-refractivity contribution in [2.24, 2.45) is 7.05 Å². The Balaban J connectivity index is 1.92. The fourth-order valence-corrected chi connectivity index (χ4v) is 4.18. The van der Waals surface area contributed by atoms with Gasteiger partial charge in [0.1, 0.15) is 11.5 Å².